The summed E-state index contributed by atoms with van der Waals surface area (Å²) in [6, 6.07) is 26.8. The molecule has 0 amide bonds. The maximum absolute atomic E-state index is 13.0. The minimum absolute atomic E-state index is 0.0862. The number of rotatable bonds is 1. The van der Waals surface area contributed by atoms with Crippen LogP contribution in [0.3, 0.4) is 0 Å². The second kappa shape index (κ2) is 5.67. The highest BCUT2D eigenvalue weighted by molar-refractivity contribution is 5.99. The van der Waals surface area contributed by atoms with E-state index in [1.165, 1.54) is 27.8 Å². The molecular weight excluding hydrogens is 316 g/mol. The predicted molar refractivity (Wildman–Crippen MR) is 109 cm³/mol. The normalized spacial score (nSPS) is 12.0. The van der Waals surface area contributed by atoms with Gasteiger partial charge in [0, 0.05) is 5.39 Å². The molecule has 1 heteroatoms. The van der Waals surface area contributed by atoms with E-state index in [1.807, 2.05) is 24.3 Å². The van der Waals surface area contributed by atoms with Crippen molar-refractivity contribution in [3.05, 3.63) is 106 Å². The van der Waals surface area contributed by atoms with Gasteiger partial charge in [0.2, 0.25) is 0 Å². The van der Waals surface area contributed by atoms with Crippen molar-refractivity contribution in [1.82, 2.24) is 0 Å². The van der Waals surface area contributed by atoms with Gasteiger partial charge in [-0.1, -0.05) is 78.4 Å². The Balaban J connectivity index is 1.98. The van der Waals surface area contributed by atoms with Crippen molar-refractivity contribution in [1.29, 1.82) is 0 Å². The Kier molecular flexibility index (Phi) is 3.29. The van der Waals surface area contributed by atoms with Gasteiger partial charge in [-0.2, -0.15) is 0 Å². The topological polar surface area (TPSA) is 17.1 Å². The fourth-order valence-corrected chi connectivity index (χ4v) is 4.10. The van der Waals surface area contributed by atoms with Crippen molar-refractivity contribution in [3.63, 3.8) is 0 Å². The molecule has 0 saturated heterocycles. The van der Waals surface area contributed by atoms with E-state index >= 15 is 0 Å². The predicted octanol–water partition coefficient (Wildman–Crippen LogP) is 5.75. The highest BCUT2D eigenvalue weighted by Crippen LogP contribution is 2.44. The van der Waals surface area contributed by atoms with E-state index in [9.17, 15) is 4.79 Å². The summed E-state index contributed by atoms with van der Waals surface area (Å²) >= 11 is 0. The first kappa shape index (κ1) is 15.1. The summed E-state index contributed by atoms with van der Waals surface area (Å²) in [6.07, 6.45) is 0.874. The third kappa shape index (κ3) is 2.21. The zero-order chi connectivity index (χ0) is 17.7. The second-order valence-electron chi connectivity index (χ2n) is 7.02. The molecule has 1 nitrogen and oxygen atoms in total. The van der Waals surface area contributed by atoms with E-state index in [0.717, 1.165) is 28.3 Å². The van der Waals surface area contributed by atoms with E-state index in [1.54, 1.807) is 0 Å². The summed E-state index contributed by atoms with van der Waals surface area (Å²) in [5, 5.41) is 1.87. The van der Waals surface area contributed by atoms with E-state index < -0.39 is 0 Å². The Hall–Kier alpha value is -3.19. The van der Waals surface area contributed by atoms with Crippen LogP contribution in [0, 0.1) is 6.92 Å². The smallest absolute Gasteiger partial charge is 0.187 e. The van der Waals surface area contributed by atoms with Gasteiger partial charge in [-0.15, -0.1) is 0 Å². The molecule has 5 rings (SSSR count). The van der Waals surface area contributed by atoms with Crippen LogP contribution in [0.15, 0.2) is 83.7 Å². The fraction of sp³-hybridized carbons (Fsp3) is 0.0800. The quantitative estimate of drug-likeness (QED) is 0.382. The van der Waals surface area contributed by atoms with Crippen molar-refractivity contribution in [2.75, 3.05) is 0 Å². The van der Waals surface area contributed by atoms with Gasteiger partial charge in [-0.25, -0.2) is 0 Å². The minimum Gasteiger partial charge on any atom is -0.289 e. The summed E-state index contributed by atoms with van der Waals surface area (Å²) in [6.45, 7) is 2.09. The number of fused-ring (bicyclic) bond motifs is 5. The summed E-state index contributed by atoms with van der Waals surface area (Å²) < 4.78 is 0. The van der Waals surface area contributed by atoms with E-state index in [4.69, 9.17) is 0 Å². The van der Waals surface area contributed by atoms with Crippen LogP contribution >= 0.6 is 0 Å². The lowest BCUT2D eigenvalue weighted by Crippen LogP contribution is -1.96. The first-order valence-corrected chi connectivity index (χ1v) is 8.96. The van der Waals surface area contributed by atoms with E-state index in [-0.39, 0.29) is 5.43 Å². The lowest BCUT2D eigenvalue weighted by molar-refractivity contribution is 1.29. The monoisotopic (exact) mass is 334 g/mol. The van der Waals surface area contributed by atoms with Crippen LogP contribution in [0.2, 0.25) is 0 Å². The molecule has 124 valence electrons. The Morgan fingerprint density at radius 1 is 0.731 bits per heavy atom. The van der Waals surface area contributed by atoms with Crippen LogP contribution < -0.4 is 5.43 Å². The van der Waals surface area contributed by atoms with Gasteiger partial charge in [-0.05, 0) is 58.2 Å². The van der Waals surface area contributed by atoms with Crippen molar-refractivity contribution in [2.24, 2.45) is 0 Å². The van der Waals surface area contributed by atoms with Crippen LogP contribution in [-0.2, 0) is 6.42 Å². The zero-order valence-corrected chi connectivity index (χ0v) is 14.6. The molecule has 26 heavy (non-hydrogen) atoms. The van der Waals surface area contributed by atoms with Crippen molar-refractivity contribution in [3.8, 4) is 22.3 Å². The lowest BCUT2D eigenvalue weighted by atomic mass is 9.95. The molecule has 0 N–H and O–H groups in total. The molecule has 0 spiro atoms. The Labute approximate surface area is 152 Å². The van der Waals surface area contributed by atoms with Gasteiger partial charge in [0.1, 0.15) is 0 Å². The second-order valence-corrected chi connectivity index (χ2v) is 7.02. The highest BCUT2D eigenvalue weighted by Gasteiger charge is 2.23. The molecule has 0 saturated carbocycles. The number of hydrogen-bond donors (Lipinski definition) is 0. The van der Waals surface area contributed by atoms with Gasteiger partial charge in [0.05, 0.1) is 0 Å². The van der Waals surface area contributed by atoms with Gasteiger partial charge >= 0.3 is 0 Å². The number of benzene rings is 3. The molecule has 1 aliphatic carbocycles. The van der Waals surface area contributed by atoms with E-state index in [2.05, 4.69) is 61.5 Å². The Bertz CT molecular complexity index is 1220. The summed E-state index contributed by atoms with van der Waals surface area (Å²) in [4.78, 5) is 13.0. The molecule has 0 fully saturated rings. The molecule has 0 bridgehead atoms. The van der Waals surface area contributed by atoms with Crippen LogP contribution in [0.1, 0.15) is 16.7 Å². The van der Waals surface area contributed by atoms with Crippen LogP contribution in [0.5, 0.6) is 0 Å². The highest BCUT2D eigenvalue weighted by atomic mass is 16.1. The van der Waals surface area contributed by atoms with Crippen LogP contribution in [0.4, 0.5) is 0 Å². The SMILES string of the molecule is Cc1ccc(-c2cc(=O)c3ccccc3c3c2-c2ccccc2C3)cc1. The molecule has 0 atom stereocenters. The molecule has 0 unspecified atom stereocenters. The molecule has 0 aromatic heterocycles. The van der Waals surface area contributed by atoms with Gasteiger partial charge < -0.3 is 0 Å². The third-order valence-electron chi connectivity index (χ3n) is 5.38. The Morgan fingerprint density at radius 2 is 1.42 bits per heavy atom. The lowest BCUT2D eigenvalue weighted by Gasteiger charge is -2.08. The average Bonchev–Trinajstić information content (AvgIpc) is 3.00. The maximum Gasteiger partial charge on any atom is 0.187 e. The summed E-state index contributed by atoms with van der Waals surface area (Å²) in [7, 11) is 0. The summed E-state index contributed by atoms with van der Waals surface area (Å²) in [5.41, 5.74) is 8.49. The molecule has 1 aliphatic rings. The minimum atomic E-state index is 0.0862. The van der Waals surface area contributed by atoms with Gasteiger partial charge in [0.15, 0.2) is 5.43 Å². The van der Waals surface area contributed by atoms with Crippen LogP contribution in [-0.4, -0.2) is 0 Å². The molecule has 4 aromatic rings. The van der Waals surface area contributed by atoms with Gasteiger partial charge in [0.25, 0.3) is 0 Å². The summed E-state index contributed by atoms with van der Waals surface area (Å²) in [5.74, 6) is 0. The first-order valence-electron chi connectivity index (χ1n) is 8.96. The molecule has 4 aromatic carbocycles. The fourth-order valence-electron chi connectivity index (χ4n) is 4.10. The van der Waals surface area contributed by atoms with Crippen molar-refractivity contribution in [2.45, 2.75) is 13.3 Å². The largest absolute Gasteiger partial charge is 0.289 e. The molecule has 0 aliphatic heterocycles. The van der Waals surface area contributed by atoms with Crippen molar-refractivity contribution >= 4 is 10.8 Å². The number of hydrogen-bond acceptors (Lipinski definition) is 1. The molecular formula is C25H18O. The van der Waals surface area contributed by atoms with Crippen LogP contribution in [0.25, 0.3) is 33.0 Å². The van der Waals surface area contributed by atoms with Crippen molar-refractivity contribution < 1.29 is 0 Å². The third-order valence-corrected chi connectivity index (χ3v) is 5.38. The Morgan fingerprint density at radius 3 is 2.23 bits per heavy atom. The maximum atomic E-state index is 13.0. The zero-order valence-electron chi connectivity index (χ0n) is 14.6. The average molecular weight is 334 g/mol. The number of aryl methyl sites for hydroxylation is 1. The molecule has 0 radical (unpaired) electrons. The first-order chi connectivity index (χ1) is 12.7. The standard InChI is InChI=1S/C25H18O/c1-16-10-12-17(13-11-16)22-15-24(26)21-9-5-4-8-20(21)23-14-18-6-2-3-7-19(18)25(22)23/h2-13,15H,14H2,1H3. The van der Waals surface area contributed by atoms with E-state index in [0.29, 0.717) is 0 Å². The molecule has 0 heterocycles. The van der Waals surface area contributed by atoms with Gasteiger partial charge in [-0.3, -0.25) is 4.79 Å².